The van der Waals surface area contributed by atoms with Gasteiger partial charge < -0.3 is 23.6 Å². The van der Waals surface area contributed by atoms with Crippen LogP contribution in [-0.4, -0.2) is 14.2 Å². The molecule has 0 radical (unpaired) electrons. The summed E-state index contributed by atoms with van der Waals surface area (Å²) in [6.07, 6.45) is 4.20. The van der Waals surface area contributed by atoms with Crippen molar-refractivity contribution in [3.05, 3.63) is 144 Å². The number of nitrogens with zero attached hydrogens (tertiary/aromatic N) is 2. The SMILES string of the molecule is COc1ccc(OP(=O)(Oc2ccc(OC)cc2)[n+]2ccc(Cc3ccccc3)cc2)cc1.N#Cc1ccc([O-])cc1. The average molecular weight is 581 g/mol. The van der Waals surface area contributed by atoms with Gasteiger partial charge in [0.05, 0.1) is 25.9 Å². The van der Waals surface area contributed by atoms with Crippen LogP contribution in [0.1, 0.15) is 16.7 Å². The van der Waals surface area contributed by atoms with Crippen LogP contribution in [0.4, 0.5) is 0 Å². The van der Waals surface area contributed by atoms with Gasteiger partial charge in [-0.25, -0.2) is 0 Å². The van der Waals surface area contributed by atoms with Crippen molar-refractivity contribution in [1.29, 1.82) is 5.26 Å². The van der Waals surface area contributed by atoms with E-state index in [0.717, 1.165) is 12.0 Å². The van der Waals surface area contributed by atoms with Crippen molar-refractivity contribution >= 4 is 7.75 Å². The van der Waals surface area contributed by atoms with Gasteiger partial charge in [0.2, 0.25) is 0 Å². The van der Waals surface area contributed by atoms with Crippen molar-refractivity contribution < 1.29 is 32.5 Å². The number of methoxy groups -OCH3 is 2. The van der Waals surface area contributed by atoms with Gasteiger partial charge in [0.25, 0.3) is 0 Å². The molecule has 0 unspecified atom stereocenters. The molecular formula is C33H29N2O6P. The minimum atomic E-state index is -3.83. The van der Waals surface area contributed by atoms with E-state index in [1.807, 2.05) is 36.4 Å². The van der Waals surface area contributed by atoms with Crippen LogP contribution in [0.25, 0.3) is 0 Å². The van der Waals surface area contributed by atoms with Crippen LogP contribution in [0, 0.1) is 11.3 Å². The van der Waals surface area contributed by atoms with Gasteiger partial charge in [-0.3, -0.25) is 0 Å². The molecule has 9 heteroatoms. The van der Waals surface area contributed by atoms with Crippen molar-refractivity contribution in [2.75, 3.05) is 14.2 Å². The highest BCUT2D eigenvalue weighted by Crippen LogP contribution is 2.44. The maximum Gasteiger partial charge on any atom is 0.728 e. The average Bonchev–Trinajstić information content (AvgIpc) is 3.03. The summed E-state index contributed by atoms with van der Waals surface area (Å²) in [5, 5.41) is 18.7. The van der Waals surface area contributed by atoms with Crippen molar-refractivity contribution in [3.8, 4) is 34.8 Å². The lowest BCUT2D eigenvalue weighted by molar-refractivity contribution is -0.536. The summed E-state index contributed by atoms with van der Waals surface area (Å²) in [5.41, 5.74) is 2.80. The number of hydrogen-bond acceptors (Lipinski definition) is 7. The molecule has 42 heavy (non-hydrogen) atoms. The highest BCUT2D eigenvalue weighted by molar-refractivity contribution is 7.47. The Kier molecular flexibility index (Phi) is 10.2. The number of benzene rings is 4. The van der Waals surface area contributed by atoms with Crippen LogP contribution >= 0.6 is 7.75 Å². The number of pyridine rings is 1. The molecule has 0 saturated heterocycles. The van der Waals surface area contributed by atoms with Gasteiger partial charge in [0.15, 0.2) is 12.4 Å². The van der Waals surface area contributed by atoms with Gasteiger partial charge in [-0.05, 0) is 78.2 Å². The molecule has 0 aliphatic rings. The van der Waals surface area contributed by atoms with E-state index in [2.05, 4.69) is 12.1 Å². The third-order valence-corrected chi connectivity index (χ3v) is 7.68. The van der Waals surface area contributed by atoms with Crippen LogP contribution in [0.15, 0.2) is 128 Å². The fraction of sp³-hybridized carbons (Fsp3) is 0.0909. The zero-order chi connectivity index (χ0) is 29.8. The van der Waals surface area contributed by atoms with E-state index in [1.54, 1.807) is 75.1 Å². The predicted molar refractivity (Wildman–Crippen MR) is 157 cm³/mol. The molecule has 212 valence electrons. The summed E-state index contributed by atoms with van der Waals surface area (Å²) in [6.45, 7) is 0. The van der Waals surface area contributed by atoms with E-state index in [-0.39, 0.29) is 5.75 Å². The minimum Gasteiger partial charge on any atom is -0.872 e. The van der Waals surface area contributed by atoms with Gasteiger partial charge in [-0.1, -0.05) is 46.8 Å². The van der Waals surface area contributed by atoms with Crippen molar-refractivity contribution in [3.63, 3.8) is 0 Å². The maximum atomic E-state index is 14.0. The molecule has 8 nitrogen and oxygen atoms in total. The molecule has 5 rings (SSSR count). The highest BCUT2D eigenvalue weighted by atomic mass is 31.2. The quantitative estimate of drug-likeness (QED) is 0.188. The standard InChI is InChI=1S/C26H25NO5P.C7H5NO/c1-29-23-8-12-25(13-9-23)31-33(28,32-26-14-10-24(30-2)11-15-26)27-18-16-22(17-19-27)20-21-6-4-3-5-7-21;8-5-6-1-3-7(9)4-2-6/h3-19H,20H2,1-2H3;1-4,9H/q+1;/p-1. The Labute approximate surface area is 245 Å². The van der Waals surface area contributed by atoms with Crippen LogP contribution in [0.2, 0.25) is 0 Å². The van der Waals surface area contributed by atoms with Crippen LogP contribution < -0.4 is 28.0 Å². The summed E-state index contributed by atoms with van der Waals surface area (Å²) in [4.78, 5) is 0. The lowest BCUT2D eigenvalue weighted by Crippen LogP contribution is -2.35. The number of rotatable bonds is 9. The van der Waals surface area contributed by atoms with Crippen molar-refractivity contribution in [2.45, 2.75) is 6.42 Å². The van der Waals surface area contributed by atoms with Gasteiger partial charge in [0.1, 0.15) is 23.0 Å². The van der Waals surface area contributed by atoms with Crippen molar-refractivity contribution in [2.24, 2.45) is 0 Å². The van der Waals surface area contributed by atoms with E-state index in [1.165, 1.54) is 34.2 Å². The first-order chi connectivity index (χ1) is 20.4. The molecule has 0 spiro atoms. The first-order valence-corrected chi connectivity index (χ1v) is 14.4. The van der Waals surface area contributed by atoms with E-state index >= 15 is 0 Å². The molecule has 0 atom stereocenters. The van der Waals surface area contributed by atoms with Crippen LogP contribution in [0.3, 0.4) is 0 Å². The Hall–Kier alpha value is -5.25. The Morgan fingerprint density at radius 2 is 1.12 bits per heavy atom. The summed E-state index contributed by atoms with van der Waals surface area (Å²) in [5.74, 6) is 2.08. The Morgan fingerprint density at radius 3 is 1.57 bits per heavy atom. The predicted octanol–water partition coefficient (Wildman–Crippen LogP) is 6.33. The van der Waals surface area contributed by atoms with Crippen LogP contribution in [0.5, 0.6) is 28.7 Å². The highest BCUT2D eigenvalue weighted by Gasteiger charge is 2.42. The summed E-state index contributed by atoms with van der Waals surface area (Å²) < 4.78 is 37.7. The topological polar surface area (TPSA) is 105 Å². The molecular weight excluding hydrogens is 551 g/mol. The molecule has 0 aliphatic carbocycles. The smallest absolute Gasteiger partial charge is 0.728 e. The Bertz CT molecular complexity index is 1580. The first kappa shape index (κ1) is 29.7. The Morgan fingerprint density at radius 1 is 0.667 bits per heavy atom. The molecule has 1 aromatic heterocycles. The maximum absolute atomic E-state index is 14.0. The molecule has 4 aromatic carbocycles. The van der Waals surface area contributed by atoms with E-state index in [9.17, 15) is 9.67 Å². The third kappa shape index (κ3) is 8.37. The Balaban J connectivity index is 0.000000385. The van der Waals surface area contributed by atoms with E-state index in [4.69, 9.17) is 23.8 Å². The van der Waals surface area contributed by atoms with E-state index in [0.29, 0.717) is 28.6 Å². The normalized spacial score (nSPS) is 10.4. The third-order valence-electron chi connectivity index (χ3n) is 5.96. The lowest BCUT2D eigenvalue weighted by atomic mass is 10.1. The second-order valence-corrected chi connectivity index (χ2v) is 10.7. The monoisotopic (exact) mass is 580 g/mol. The minimum absolute atomic E-state index is 0.0611. The zero-order valence-electron chi connectivity index (χ0n) is 23.1. The van der Waals surface area contributed by atoms with Gasteiger partial charge in [-0.2, -0.15) is 9.83 Å². The van der Waals surface area contributed by atoms with Gasteiger partial charge in [-0.15, -0.1) is 5.75 Å². The number of nitriles is 1. The fourth-order valence-corrected chi connectivity index (χ4v) is 5.21. The molecule has 0 N–H and O–H groups in total. The molecule has 0 amide bonds. The number of ether oxygens (including phenoxy) is 2. The lowest BCUT2D eigenvalue weighted by Gasteiger charge is -2.14. The summed E-state index contributed by atoms with van der Waals surface area (Å²) in [6, 6.07) is 35.4. The molecule has 1 heterocycles. The van der Waals surface area contributed by atoms with E-state index < -0.39 is 7.75 Å². The van der Waals surface area contributed by atoms with Crippen molar-refractivity contribution in [1.82, 2.24) is 0 Å². The zero-order valence-corrected chi connectivity index (χ0v) is 24.0. The molecule has 0 aliphatic heterocycles. The fourth-order valence-electron chi connectivity index (χ4n) is 3.74. The molecule has 0 saturated carbocycles. The molecule has 0 fully saturated rings. The summed E-state index contributed by atoms with van der Waals surface area (Å²) in [7, 11) is -0.662. The first-order valence-electron chi connectivity index (χ1n) is 12.9. The number of hydrogen-bond donors (Lipinski definition) is 0. The second kappa shape index (κ2) is 14.4. The largest absolute Gasteiger partial charge is 0.872 e. The van der Waals surface area contributed by atoms with Crippen LogP contribution in [-0.2, 0) is 11.0 Å². The molecule has 5 aromatic rings. The molecule has 0 bridgehead atoms. The van der Waals surface area contributed by atoms with Gasteiger partial charge >= 0.3 is 7.75 Å². The second-order valence-electron chi connectivity index (χ2n) is 8.89. The number of aromatic nitrogens is 1. The van der Waals surface area contributed by atoms with Gasteiger partial charge in [0, 0.05) is 12.1 Å². The summed E-state index contributed by atoms with van der Waals surface area (Å²) >= 11 is 0.